The Hall–Kier alpha value is -2.93. The highest BCUT2D eigenvalue weighted by molar-refractivity contribution is 9.10. The Labute approximate surface area is 163 Å². The van der Waals surface area contributed by atoms with Gasteiger partial charge in [0.2, 0.25) is 11.7 Å². The molecule has 0 fully saturated rings. The number of carbonyl (C=O) groups excluding carboxylic acids is 2. The molecular weight excluding hydrogens is 417 g/mol. The van der Waals surface area contributed by atoms with Gasteiger partial charge in [-0.3, -0.25) is 4.79 Å². The standard InChI is InChI=1S/C20H15BrFNO4/c1-2-26-20(25)17-18(24)16(11-12-10-13(21)8-9-15(12)22)27-19(17)23-14-6-4-3-5-7-14/h3-11,23H,2H2,1H3/b16-11-. The van der Waals surface area contributed by atoms with E-state index in [2.05, 4.69) is 21.2 Å². The second-order valence-corrected chi connectivity index (χ2v) is 6.44. The number of allylic oxidation sites excluding steroid dienone is 1. The van der Waals surface area contributed by atoms with Crippen LogP contribution in [0.4, 0.5) is 10.1 Å². The number of anilines is 1. The topological polar surface area (TPSA) is 64.6 Å². The molecule has 1 N–H and O–H groups in total. The second kappa shape index (κ2) is 8.18. The molecule has 5 nitrogen and oxygen atoms in total. The molecule has 2 aromatic rings. The molecule has 1 aliphatic heterocycles. The predicted octanol–water partition coefficient (Wildman–Crippen LogP) is 4.42. The van der Waals surface area contributed by atoms with Gasteiger partial charge in [-0.25, -0.2) is 9.18 Å². The number of benzene rings is 2. The summed E-state index contributed by atoms with van der Waals surface area (Å²) < 4.78 is 25.2. The Bertz CT molecular complexity index is 954. The van der Waals surface area contributed by atoms with Crippen LogP contribution in [0.15, 0.2) is 70.2 Å². The summed E-state index contributed by atoms with van der Waals surface area (Å²) in [5.74, 6) is -2.23. The molecule has 2 aromatic carbocycles. The Balaban J connectivity index is 1.97. The van der Waals surface area contributed by atoms with Crippen LogP contribution in [0, 0.1) is 5.82 Å². The summed E-state index contributed by atoms with van der Waals surface area (Å²) in [5.41, 5.74) is 0.510. The van der Waals surface area contributed by atoms with Crippen LogP contribution >= 0.6 is 15.9 Å². The number of hydrogen-bond donors (Lipinski definition) is 1. The van der Waals surface area contributed by atoms with E-state index in [0.29, 0.717) is 10.2 Å². The van der Waals surface area contributed by atoms with E-state index >= 15 is 0 Å². The Morgan fingerprint density at radius 2 is 2.00 bits per heavy atom. The average Bonchev–Trinajstić information content (AvgIpc) is 2.94. The lowest BCUT2D eigenvalue weighted by Gasteiger charge is -2.08. The van der Waals surface area contributed by atoms with Gasteiger partial charge in [0.05, 0.1) is 6.61 Å². The first-order chi connectivity index (χ1) is 13.0. The lowest BCUT2D eigenvalue weighted by Crippen LogP contribution is -2.16. The van der Waals surface area contributed by atoms with E-state index in [-0.39, 0.29) is 29.4 Å². The summed E-state index contributed by atoms with van der Waals surface area (Å²) in [6.45, 7) is 1.74. The summed E-state index contributed by atoms with van der Waals surface area (Å²) in [4.78, 5) is 24.9. The molecule has 7 heteroatoms. The molecule has 1 heterocycles. The lowest BCUT2D eigenvalue weighted by atomic mass is 10.1. The summed E-state index contributed by atoms with van der Waals surface area (Å²) in [6.07, 6.45) is 1.25. The Kier molecular flexibility index (Phi) is 5.71. The number of hydrogen-bond acceptors (Lipinski definition) is 5. The van der Waals surface area contributed by atoms with Crippen LogP contribution in [0.3, 0.4) is 0 Å². The monoisotopic (exact) mass is 431 g/mol. The molecule has 3 rings (SSSR count). The highest BCUT2D eigenvalue weighted by Crippen LogP contribution is 2.29. The van der Waals surface area contributed by atoms with Crippen LogP contribution in [0.2, 0.25) is 0 Å². The molecule has 27 heavy (non-hydrogen) atoms. The van der Waals surface area contributed by atoms with E-state index in [0.717, 1.165) is 0 Å². The third-order valence-corrected chi connectivity index (χ3v) is 4.14. The number of ketones is 1. The number of rotatable bonds is 5. The van der Waals surface area contributed by atoms with Gasteiger partial charge < -0.3 is 14.8 Å². The van der Waals surface area contributed by atoms with E-state index < -0.39 is 17.6 Å². The van der Waals surface area contributed by atoms with Crippen LogP contribution in [-0.4, -0.2) is 18.4 Å². The van der Waals surface area contributed by atoms with Crippen LogP contribution < -0.4 is 5.32 Å². The van der Waals surface area contributed by atoms with Crippen LogP contribution in [0.5, 0.6) is 0 Å². The first kappa shape index (κ1) is 18.8. The highest BCUT2D eigenvalue weighted by Gasteiger charge is 2.37. The summed E-state index contributed by atoms with van der Waals surface area (Å²) in [7, 11) is 0. The predicted molar refractivity (Wildman–Crippen MR) is 102 cm³/mol. The zero-order valence-electron chi connectivity index (χ0n) is 14.3. The molecule has 0 atom stereocenters. The quantitative estimate of drug-likeness (QED) is 0.431. The summed E-state index contributed by atoms with van der Waals surface area (Å²) in [5, 5.41) is 2.89. The maximum atomic E-state index is 14.0. The number of esters is 1. The number of Topliss-reactive ketones (excluding diaryl/α,β-unsaturated/α-hetero) is 1. The van der Waals surface area contributed by atoms with Crippen molar-refractivity contribution in [2.75, 3.05) is 11.9 Å². The minimum absolute atomic E-state index is 0.0497. The largest absolute Gasteiger partial charge is 0.462 e. The van der Waals surface area contributed by atoms with Crippen molar-refractivity contribution in [3.63, 3.8) is 0 Å². The van der Waals surface area contributed by atoms with Crippen LogP contribution in [0.25, 0.3) is 6.08 Å². The zero-order chi connectivity index (χ0) is 19.4. The maximum Gasteiger partial charge on any atom is 0.347 e. The van der Waals surface area contributed by atoms with Gasteiger partial charge in [-0.05, 0) is 43.3 Å². The fourth-order valence-electron chi connectivity index (χ4n) is 2.42. The van der Waals surface area contributed by atoms with Gasteiger partial charge >= 0.3 is 5.97 Å². The van der Waals surface area contributed by atoms with E-state index in [4.69, 9.17) is 9.47 Å². The molecular formula is C20H15BrFNO4. The first-order valence-electron chi connectivity index (χ1n) is 8.12. The molecule has 0 saturated carbocycles. The number of nitrogens with one attached hydrogen (secondary N) is 1. The molecule has 138 valence electrons. The third-order valence-electron chi connectivity index (χ3n) is 3.65. The Morgan fingerprint density at radius 3 is 2.70 bits per heavy atom. The van der Waals surface area contributed by atoms with Crippen molar-refractivity contribution in [2.45, 2.75) is 6.92 Å². The van der Waals surface area contributed by atoms with Crippen LogP contribution in [0.1, 0.15) is 12.5 Å². The SMILES string of the molecule is CCOC(=O)C1=C(Nc2ccccc2)O/C(=C\c2cc(Br)ccc2F)C1=O. The Morgan fingerprint density at radius 1 is 1.26 bits per heavy atom. The van der Waals surface area contributed by atoms with Gasteiger partial charge in [-0.1, -0.05) is 34.1 Å². The van der Waals surface area contributed by atoms with Gasteiger partial charge in [0.1, 0.15) is 5.82 Å². The second-order valence-electron chi connectivity index (χ2n) is 5.52. The van der Waals surface area contributed by atoms with Crippen molar-refractivity contribution in [2.24, 2.45) is 0 Å². The van der Waals surface area contributed by atoms with Gasteiger partial charge in [0.15, 0.2) is 11.3 Å². The molecule has 0 radical (unpaired) electrons. The van der Waals surface area contributed by atoms with Crippen molar-refractivity contribution >= 4 is 39.4 Å². The number of carbonyl (C=O) groups is 2. The van der Waals surface area contributed by atoms with Crippen molar-refractivity contribution in [3.05, 3.63) is 81.6 Å². The fraction of sp³-hybridized carbons (Fsp3) is 0.100. The lowest BCUT2D eigenvalue weighted by molar-refractivity contribution is -0.139. The highest BCUT2D eigenvalue weighted by atomic mass is 79.9. The van der Waals surface area contributed by atoms with E-state index in [1.165, 1.54) is 18.2 Å². The molecule has 0 aliphatic carbocycles. The molecule has 0 amide bonds. The number of para-hydroxylation sites is 1. The number of ether oxygens (including phenoxy) is 2. The summed E-state index contributed by atoms with van der Waals surface area (Å²) in [6, 6.07) is 13.2. The maximum absolute atomic E-state index is 14.0. The average molecular weight is 432 g/mol. The summed E-state index contributed by atoms with van der Waals surface area (Å²) >= 11 is 3.25. The van der Waals surface area contributed by atoms with Crippen molar-refractivity contribution in [1.29, 1.82) is 0 Å². The smallest absolute Gasteiger partial charge is 0.347 e. The minimum atomic E-state index is -0.806. The number of halogens is 2. The van der Waals surface area contributed by atoms with E-state index in [1.807, 2.05) is 6.07 Å². The molecule has 0 bridgehead atoms. The van der Waals surface area contributed by atoms with Crippen LogP contribution in [-0.2, 0) is 19.1 Å². The van der Waals surface area contributed by atoms with Gasteiger partial charge in [0, 0.05) is 15.7 Å². The fourth-order valence-corrected chi connectivity index (χ4v) is 2.80. The van der Waals surface area contributed by atoms with Crippen molar-refractivity contribution < 1.29 is 23.5 Å². The van der Waals surface area contributed by atoms with Gasteiger partial charge in [-0.2, -0.15) is 0 Å². The molecule has 0 spiro atoms. The molecule has 0 unspecified atom stereocenters. The first-order valence-corrected chi connectivity index (χ1v) is 8.91. The van der Waals surface area contributed by atoms with Crippen molar-refractivity contribution in [1.82, 2.24) is 0 Å². The van der Waals surface area contributed by atoms with E-state index in [1.54, 1.807) is 37.3 Å². The zero-order valence-corrected chi connectivity index (χ0v) is 15.9. The third kappa shape index (κ3) is 4.25. The molecule has 0 saturated heterocycles. The molecule has 0 aromatic heterocycles. The molecule has 1 aliphatic rings. The normalized spacial score (nSPS) is 15.1. The van der Waals surface area contributed by atoms with E-state index in [9.17, 15) is 14.0 Å². The van der Waals surface area contributed by atoms with Gasteiger partial charge in [0.25, 0.3) is 0 Å². The van der Waals surface area contributed by atoms with Gasteiger partial charge in [-0.15, -0.1) is 0 Å². The van der Waals surface area contributed by atoms with Crippen molar-refractivity contribution in [3.8, 4) is 0 Å². The minimum Gasteiger partial charge on any atom is -0.462 e.